The van der Waals surface area contributed by atoms with Gasteiger partial charge in [0, 0.05) is 10.8 Å². The maximum absolute atomic E-state index is 12.7. The van der Waals surface area contributed by atoms with Gasteiger partial charge in [-0.2, -0.15) is 13.2 Å². The Bertz CT molecular complexity index is 435. The zero-order chi connectivity index (χ0) is 16.1. The lowest BCUT2D eigenvalue weighted by molar-refractivity contribution is -0.182. The van der Waals surface area contributed by atoms with Crippen LogP contribution in [0.5, 0.6) is 0 Å². The smallest absolute Gasteiger partial charge is 0.298 e. The highest BCUT2D eigenvalue weighted by Crippen LogP contribution is 2.45. The number of carbonyl (C=O) groups is 3. The average Bonchev–Trinajstić information content (AvgIpc) is 2.23. The highest BCUT2D eigenvalue weighted by atomic mass is 19.4. The van der Waals surface area contributed by atoms with E-state index in [1.807, 2.05) is 0 Å². The van der Waals surface area contributed by atoms with E-state index in [1.54, 1.807) is 27.7 Å². The molecule has 1 atom stereocenters. The van der Waals surface area contributed by atoms with E-state index in [2.05, 4.69) is 0 Å². The molecule has 0 saturated heterocycles. The summed E-state index contributed by atoms with van der Waals surface area (Å²) in [6, 6.07) is 0. The lowest BCUT2D eigenvalue weighted by atomic mass is 9.58. The van der Waals surface area contributed by atoms with Gasteiger partial charge in [-0.1, -0.05) is 27.7 Å². The SMILES string of the molecule is CC(C(=O)C1C(=O)C(C)(C)CC(C)(C)C1=O)C(F)(F)F. The van der Waals surface area contributed by atoms with E-state index in [-0.39, 0.29) is 6.42 Å². The Morgan fingerprint density at radius 2 is 1.45 bits per heavy atom. The summed E-state index contributed by atoms with van der Waals surface area (Å²) in [6.45, 7) is 6.92. The third kappa shape index (κ3) is 2.79. The minimum atomic E-state index is -4.75. The maximum atomic E-state index is 12.7. The van der Waals surface area contributed by atoms with E-state index in [0.717, 1.165) is 0 Å². The van der Waals surface area contributed by atoms with Crippen LogP contribution in [0, 0.1) is 22.7 Å². The highest BCUT2D eigenvalue weighted by molar-refractivity contribution is 6.23. The van der Waals surface area contributed by atoms with E-state index in [9.17, 15) is 27.6 Å². The molecule has 0 amide bonds. The Balaban J connectivity index is 3.23. The summed E-state index contributed by atoms with van der Waals surface area (Å²) >= 11 is 0. The molecule has 3 nitrogen and oxygen atoms in total. The molecule has 6 heteroatoms. The molecule has 0 aromatic heterocycles. The molecule has 1 fully saturated rings. The van der Waals surface area contributed by atoms with Crippen LogP contribution in [-0.2, 0) is 14.4 Å². The maximum Gasteiger partial charge on any atom is 0.398 e. The molecule has 0 spiro atoms. The first-order valence-electron chi connectivity index (χ1n) is 6.41. The van der Waals surface area contributed by atoms with Gasteiger partial charge in [0.25, 0.3) is 0 Å². The standard InChI is InChI=1S/C14H19F3O3/c1-7(14(15,16)17)9(18)8-10(19)12(2,3)6-13(4,5)11(8)20/h7-8H,6H2,1-5H3. The molecule has 0 radical (unpaired) electrons. The van der Waals surface area contributed by atoms with Gasteiger partial charge in [0.1, 0.15) is 11.8 Å². The van der Waals surface area contributed by atoms with Crippen LogP contribution in [-0.4, -0.2) is 23.5 Å². The van der Waals surface area contributed by atoms with E-state index in [0.29, 0.717) is 6.92 Å². The largest absolute Gasteiger partial charge is 0.398 e. The predicted molar refractivity (Wildman–Crippen MR) is 65.9 cm³/mol. The van der Waals surface area contributed by atoms with Crippen molar-refractivity contribution in [2.24, 2.45) is 22.7 Å². The summed E-state index contributed by atoms with van der Waals surface area (Å²) in [5.74, 6) is -6.87. The molecule has 0 aromatic rings. The lowest BCUT2D eigenvalue weighted by Gasteiger charge is -2.42. The molecule has 1 saturated carbocycles. The summed E-state index contributed by atoms with van der Waals surface area (Å²) in [5, 5.41) is 0. The zero-order valence-electron chi connectivity index (χ0n) is 12.2. The van der Waals surface area contributed by atoms with Crippen LogP contribution in [0.15, 0.2) is 0 Å². The van der Waals surface area contributed by atoms with Crippen molar-refractivity contribution < 1.29 is 27.6 Å². The molecule has 1 rings (SSSR count). The minimum absolute atomic E-state index is 0.224. The highest BCUT2D eigenvalue weighted by Gasteiger charge is 2.57. The second-order valence-electron chi connectivity index (χ2n) is 6.77. The summed E-state index contributed by atoms with van der Waals surface area (Å²) in [6.07, 6.45) is -4.52. The van der Waals surface area contributed by atoms with Crippen LogP contribution in [0.2, 0.25) is 0 Å². The van der Waals surface area contributed by atoms with Crippen LogP contribution < -0.4 is 0 Å². The molecule has 1 aliphatic carbocycles. The van der Waals surface area contributed by atoms with Crippen molar-refractivity contribution in [3.8, 4) is 0 Å². The monoisotopic (exact) mass is 292 g/mol. The number of hydrogen-bond donors (Lipinski definition) is 0. The lowest BCUT2D eigenvalue weighted by Crippen LogP contribution is -2.54. The Morgan fingerprint density at radius 3 is 1.75 bits per heavy atom. The number of Topliss-reactive ketones (excluding diaryl/α,β-unsaturated/α-hetero) is 3. The molecule has 0 N–H and O–H groups in total. The van der Waals surface area contributed by atoms with Gasteiger partial charge in [-0.05, 0) is 13.3 Å². The summed E-state index contributed by atoms with van der Waals surface area (Å²) < 4.78 is 38.0. The van der Waals surface area contributed by atoms with E-state index in [1.165, 1.54) is 0 Å². The first-order chi connectivity index (χ1) is 8.72. The van der Waals surface area contributed by atoms with Gasteiger partial charge in [0.2, 0.25) is 0 Å². The van der Waals surface area contributed by atoms with Crippen molar-refractivity contribution in [2.75, 3.05) is 0 Å². The van der Waals surface area contributed by atoms with Gasteiger partial charge in [-0.15, -0.1) is 0 Å². The van der Waals surface area contributed by atoms with E-state index >= 15 is 0 Å². The number of ketones is 3. The molecule has 114 valence electrons. The van der Waals surface area contributed by atoms with Crippen LogP contribution in [0.1, 0.15) is 41.0 Å². The third-order valence-corrected chi connectivity index (χ3v) is 3.94. The molecule has 1 unspecified atom stereocenters. The van der Waals surface area contributed by atoms with Crippen molar-refractivity contribution in [2.45, 2.75) is 47.2 Å². The summed E-state index contributed by atoms with van der Waals surface area (Å²) in [5.41, 5.74) is -1.97. The average molecular weight is 292 g/mol. The molecule has 0 aromatic carbocycles. The first-order valence-corrected chi connectivity index (χ1v) is 6.41. The quantitative estimate of drug-likeness (QED) is 0.735. The van der Waals surface area contributed by atoms with Gasteiger partial charge < -0.3 is 0 Å². The minimum Gasteiger partial charge on any atom is -0.298 e. The fourth-order valence-electron chi connectivity index (χ4n) is 2.85. The van der Waals surface area contributed by atoms with Gasteiger partial charge >= 0.3 is 6.18 Å². The van der Waals surface area contributed by atoms with E-state index in [4.69, 9.17) is 0 Å². The third-order valence-electron chi connectivity index (χ3n) is 3.94. The topological polar surface area (TPSA) is 51.2 Å². The molecule has 20 heavy (non-hydrogen) atoms. The fourth-order valence-corrected chi connectivity index (χ4v) is 2.85. The number of hydrogen-bond acceptors (Lipinski definition) is 3. The molecule has 0 aliphatic heterocycles. The Morgan fingerprint density at radius 1 is 1.10 bits per heavy atom. The summed E-state index contributed by atoms with van der Waals surface area (Å²) in [7, 11) is 0. The molecule has 0 heterocycles. The Kier molecular flexibility index (Phi) is 3.93. The van der Waals surface area contributed by atoms with Crippen molar-refractivity contribution in [1.82, 2.24) is 0 Å². The van der Waals surface area contributed by atoms with Crippen molar-refractivity contribution in [1.29, 1.82) is 0 Å². The zero-order valence-corrected chi connectivity index (χ0v) is 12.2. The number of carbonyl (C=O) groups excluding carboxylic acids is 3. The Hall–Kier alpha value is -1.20. The molecular formula is C14H19F3O3. The first kappa shape index (κ1) is 16.9. The van der Waals surface area contributed by atoms with Crippen molar-refractivity contribution in [3.05, 3.63) is 0 Å². The van der Waals surface area contributed by atoms with Crippen LogP contribution in [0.4, 0.5) is 13.2 Å². The second-order valence-corrected chi connectivity index (χ2v) is 6.77. The molecule has 0 bridgehead atoms. The number of halogens is 3. The Labute approximate surface area is 115 Å². The number of rotatable bonds is 2. The predicted octanol–water partition coefficient (Wildman–Crippen LogP) is 2.96. The molecular weight excluding hydrogens is 273 g/mol. The van der Waals surface area contributed by atoms with Gasteiger partial charge in [-0.3, -0.25) is 14.4 Å². The van der Waals surface area contributed by atoms with Crippen molar-refractivity contribution in [3.63, 3.8) is 0 Å². The van der Waals surface area contributed by atoms with Gasteiger partial charge in [0.05, 0.1) is 0 Å². The van der Waals surface area contributed by atoms with Crippen LogP contribution in [0.25, 0.3) is 0 Å². The van der Waals surface area contributed by atoms with E-state index < -0.39 is 46.2 Å². The van der Waals surface area contributed by atoms with Gasteiger partial charge in [0.15, 0.2) is 17.3 Å². The second kappa shape index (κ2) is 4.67. The summed E-state index contributed by atoms with van der Waals surface area (Å²) in [4.78, 5) is 36.4. The van der Waals surface area contributed by atoms with Crippen molar-refractivity contribution >= 4 is 17.3 Å². The molecule has 1 aliphatic rings. The fraction of sp³-hybridized carbons (Fsp3) is 0.786. The normalized spacial score (nSPS) is 24.6. The number of alkyl halides is 3. The van der Waals surface area contributed by atoms with Gasteiger partial charge in [-0.25, -0.2) is 0 Å². The van der Waals surface area contributed by atoms with Crippen LogP contribution in [0.3, 0.4) is 0 Å². The van der Waals surface area contributed by atoms with Crippen LogP contribution >= 0.6 is 0 Å².